The van der Waals surface area contributed by atoms with Crippen molar-refractivity contribution in [3.63, 3.8) is 0 Å². The molecular weight excluding hydrogens is 375 g/mol. The van der Waals surface area contributed by atoms with Crippen LogP contribution in [-0.4, -0.2) is 48.6 Å². The topological polar surface area (TPSA) is 94.5 Å². The molecular formula is C17H19FN4O4S. The van der Waals surface area contributed by atoms with Crippen LogP contribution in [0.4, 0.5) is 10.2 Å². The molecule has 1 aromatic heterocycles. The average Bonchev–Trinajstić information content (AvgIpc) is 3.25. The van der Waals surface area contributed by atoms with E-state index in [-0.39, 0.29) is 12.4 Å². The number of nitrogens with zero attached hydrogens (tertiary/aromatic N) is 2. The molecule has 2 N–H and O–H groups in total. The van der Waals surface area contributed by atoms with E-state index >= 15 is 0 Å². The van der Waals surface area contributed by atoms with Gasteiger partial charge in [-0.25, -0.2) is 9.07 Å². The largest absolute Gasteiger partial charge is 0.354 e. The number of methoxy groups -OCH3 is 2. The van der Waals surface area contributed by atoms with Crippen LogP contribution in [-0.2, 0) is 30.6 Å². The number of carbonyl (C=O) groups is 2. The van der Waals surface area contributed by atoms with E-state index in [0.29, 0.717) is 23.0 Å². The summed E-state index contributed by atoms with van der Waals surface area (Å²) in [7, 11) is 2.87. The first-order valence-corrected chi connectivity index (χ1v) is 9.28. The van der Waals surface area contributed by atoms with E-state index in [1.54, 1.807) is 23.9 Å². The lowest BCUT2D eigenvalue weighted by atomic mass is 10.2. The van der Waals surface area contributed by atoms with Gasteiger partial charge >= 0.3 is 11.8 Å². The fraction of sp³-hybridized carbons (Fsp3) is 0.353. The summed E-state index contributed by atoms with van der Waals surface area (Å²) in [6, 6.07) is 5.74. The van der Waals surface area contributed by atoms with Crippen LogP contribution in [0.2, 0.25) is 0 Å². The Balaban J connectivity index is 1.78. The minimum Gasteiger partial charge on any atom is -0.354 e. The fourth-order valence-corrected chi connectivity index (χ4v) is 3.63. The predicted octanol–water partition coefficient (Wildman–Crippen LogP) is 1.43. The highest BCUT2D eigenvalue weighted by Gasteiger charge is 2.26. The van der Waals surface area contributed by atoms with Crippen LogP contribution in [0, 0.1) is 5.82 Å². The molecule has 0 saturated carbocycles. The number of aromatic nitrogens is 2. The molecule has 1 aliphatic rings. The molecule has 10 heteroatoms. The van der Waals surface area contributed by atoms with Crippen LogP contribution in [0.15, 0.2) is 24.3 Å². The summed E-state index contributed by atoms with van der Waals surface area (Å²) in [6.07, 6.45) is -0.646. The summed E-state index contributed by atoms with van der Waals surface area (Å²) in [5.41, 5.74) is 2.28. The van der Waals surface area contributed by atoms with Crippen LogP contribution in [0.25, 0.3) is 5.69 Å². The lowest BCUT2D eigenvalue weighted by Crippen LogP contribution is -2.40. The van der Waals surface area contributed by atoms with Gasteiger partial charge in [0.15, 0.2) is 6.29 Å². The molecule has 3 rings (SSSR count). The number of thioether (sulfide) groups is 1. The Labute approximate surface area is 159 Å². The van der Waals surface area contributed by atoms with E-state index in [0.717, 1.165) is 11.3 Å². The molecule has 2 amide bonds. The molecule has 0 unspecified atom stereocenters. The molecule has 144 valence electrons. The molecule has 27 heavy (non-hydrogen) atoms. The summed E-state index contributed by atoms with van der Waals surface area (Å²) in [6.45, 7) is 0.0322. The van der Waals surface area contributed by atoms with Gasteiger partial charge in [0.05, 0.1) is 17.9 Å². The second-order valence-corrected chi connectivity index (χ2v) is 6.71. The summed E-state index contributed by atoms with van der Waals surface area (Å²) in [5, 5.41) is 9.56. The van der Waals surface area contributed by atoms with Crippen molar-refractivity contribution >= 4 is 29.4 Å². The number of fused-ring (bicyclic) bond motifs is 1. The number of hydrogen-bond acceptors (Lipinski definition) is 6. The minimum absolute atomic E-state index is 0.0322. The number of halogens is 1. The first-order chi connectivity index (χ1) is 13.0. The number of benzene rings is 1. The number of anilines is 1. The third-order valence-corrected chi connectivity index (χ3v) is 4.99. The molecule has 0 atom stereocenters. The SMILES string of the molecule is COC(CNC(=O)C(=O)Nc1c2c(nn1-c1ccc(F)cc1)CSC2)OC. The number of amides is 2. The van der Waals surface area contributed by atoms with Gasteiger partial charge < -0.3 is 20.1 Å². The van der Waals surface area contributed by atoms with Crippen molar-refractivity contribution in [2.24, 2.45) is 0 Å². The summed E-state index contributed by atoms with van der Waals surface area (Å²) < 4.78 is 24.7. The van der Waals surface area contributed by atoms with Gasteiger partial charge in [-0.3, -0.25) is 9.59 Å². The van der Waals surface area contributed by atoms with Gasteiger partial charge in [-0.1, -0.05) is 0 Å². The van der Waals surface area contributed by atoms with Gasteiger partial charge in [0.1, 0.15) is 11.6 Å². The average molecular weight is 394 g/mol. The van der Waals surface area contributed by atoms with Crippen molar-refractivity contribution in [2.75, 3.05) is 26.1 Å². The van der Waals surface area contributed by atoms with Gasteiger partial charge in [-0.15, -0.1) is 0 Å². The summed E-state index contributed by atoms with van der Waals surface area (Å²) in [5.74, 6) is -0.226. The normalized spacial score (nSPS) is 12.9. The van der Waals surface area contributed by atoms with Gasteiger partial charge in [-0.05, 0) is 24.3 Å². The molecule has 1 aromatic carbocycles. The standard InChI is InChI=1S/C17H19FN4O4S/c1-25-14(26-2)7-19-16(23)17(24)20-15-12-8-27-9-13(12)21-22(15)11-5-3-10(18)4-6-11/h3-6,14H,7-9H2,1-2H3,(H,19,23)(H,20,24). The number of nitrogens with one attached hydrogen (secondary N) is 2. The minimum atomic E-state index is -0.830. The van der Waals surface area contributed by atoms with Gasteiger partial charge in [-0.2, -0.15) is 16.9 Å². The first kappa shape index (κ1) is 19.3. The van der Waals surface area contributed by atoms with E-state index in [2.05, 4.69) is 15.7 Å². The highest BCUT2D eigenvalue weighted by Crippen LogP contribution is 2.36. The molecule has 0 aliphatic carbocycles. The Kier molecular flexibility index (Phi) is 6.09. The first-order valence-electron chi connectivity index (χ1n) is 8.12. The lowest BCUT2D eigenvalue weighted by Gasteiger charge is -2.14. The number of hydrogen-bond donors (Lipinski definition) is 2. The monoisotopic (exact) mass is 394 g/mol. The predicted molar refractivity (Wildman–Crippen MR) is 98.0 cm³/mol. The molecule has 0 spiro atoms. The van der Waals surface area contributed by atoms with Crippen molar-refractivity contribution in [1.29, 1.82) is 0 Å². The summed E-state index contributed by atoms with van der Waals surface area (Å²) >= 11 is 1.66. The highest BCUT2D eigenvalue weighted by atomic mass is 32.2. The molecule has 0 fully saturated rings. The molecule has 0 radical (unpaired) electrons. The maximum absolute atomic E-state index is 13.2. The van der Waals surface area contributed by atoms with Crippen LogP contribution < -0.4 is 10.6 Å². The zero-order valence-electron chi connectivity index (χ0n) is 14.8. The molecule has 8 nitrogen and oxygen atoms in total. The smallest absolute Gasteiger partial charge is 0.314 e. The molecule has 1 aliphatic heterocycles. The van der Waals surface area contributed by atoms with E-state index in [4.69, 9.17) is 9.47 Å². The third-order valence-electron chi connectivity index (χ3n) is 4.02. The van der Waals surface area contributed by atoms with E-state index < -0.39 is 18.1 Å². The van der Waals surface area contributed by atoms with Crippen molar-refractivity contribution in [1.82, 2.24) is 15.1 Å². The van der Waals surface area contributed by atoms with Gasteiger partial charge in [0.25, 0.3) is 0 Å². The Hall–Kier alpha value is -2.43. The fourth-order valence-electron chi connectivity index (χ4n) is 2.59. The van der Waals surface area contributed by atoms with Crippen LogP contribution >= 0.6 is 11.8 Å². The van der Waals surface area contributed by atoms with E-state index in [9.17, 15) is 14.0 Å². The maximum Gasteiger partial charge on any atom is 0.314 e. The number of rotatable bonds is 6. The zero-order chi connectivity index (χ0) is 19.4. The maximum atomic E-state index is 13.2. The zero-order valence-corrected chi connectivity index (χ0v) is 15.6. The molecule has 0 bridgehead atoms. The lowest BCUT2D eigenvalue weighted by molar-refractivity contribution is -0.139. The molecule has 2 heterocycles. The Morgan fingerprint density at radius 2 is 1.93 bits per heavy atom. The summed E-state index contributed by atoms with van der Waals surface area (Å²) in [4.78, 5) is 24.4. The second-order valence-electron chi connectivity index (χ2n) is 5.72. The Morgan fingerprint density at radius 3 is 2.59 bits per heavy atom. The van der Waals surface area contributed by atoms with Crippen molar-refractivity contribution < 1.29 is 23.5 Å². The third kappa shape index (κ3) is 4.29. The van der Waals surface area contributed by atoms with Crippen LogP contribution in [0.5, 0.6) is 0 Å². The van der Waals surface area contributed by atoms with Crippen LogP contribution in [0.3, 0.4) is 0 Å². The quantitative estimate of drug-likeness (QED) is 0.569. The molecule has 2 aromatic rings. The van der Waals surface area contributed by atoms with Gasteiger partial charge in [0.2, 0.25) is 0 Å². The van der Waals surface area contributed by atoms with E-state index in [1.807, 2.05) is 0 Å². The highest BCUT2D eigenvalue weighted by molar-refractivity contribution is 7.98. The van der Waals surface area contributed by atoms with Crippen molar-refractivity contribution in [3.8, 4) is 5.69 Å². The number of ether oxygens (including phenoxy) is 2. The van der Waals surface area contributed by atoms with E-state index in [1.165, 1.54) is 31.0 Å². The van der Waals surface area contributed by atoms with Crippen LogP contribution in [0.1, 0.15) is 11.3 Å². The Morgan fingerprint density at radius 1 is 1.22 bits per heavy atom. The second kappa shape index (κ2) is 8.51. The number of carbonyl (C=O) groups excluding carboxylic acids is 2. The van der Waals surface area contributed by atoms with Gasteiger partial charge in [0, 0.05) is 31.3 Å². The van der Waals surface area contributed by atoms with Crippen molar-refractivity contribution in [2.45, 2.75) is 17.8 Å². The molecule has 0 saturated heterocycles. The Bertz CT molecular complexity index is 836. The van der Waals surface area contributed by atoms with Crippen molar-refractivity contribution in [3.05, 3.63) is 41.3 Å².